The second-order valence-electron chi connectivity index (χ2n) is 7.46. The summed E-state index contributed by atoms with van der Waals surface area (Å²) in [6.45, 7) is 7.08. The number of rotatable bonds is 2. The summed E-state index contributed by atoms with van der Waals surface area (Å²) in [7, 11) is 1.76. The number of likely N-dealkylation sites (tertiary alicyclic amines) is 1. The van der Waals surface area contributed by atoms with E-state index in [-0.39, 0.29) is 18.6 Å². The zero-order chi connectivity index (χ0) is 17.3. The molecule has 0 aromatic carbocycles. The molecule has 1 unspecified atom stereocenters. The van der Waals surface area contributed by atoms with Crippen LogP contribution in [0.25, 0.3) is 0 Å². The Bertz CT molecular complexity index is 452. The number of amides is 2. The van der Waals surface area contributed by atoms with Crippen molar-refractivity contribution in [3.05, 3.63) is 0 Å². The van der Waals surface area contributed by atoms with Gasteiger partial charge in [-0.1, -0.05) is 0 Å². The van der Waals surface area contributed by atoms with Crippen molar-refractivity contribution < 1.29 is 24.2 Å². The van der Waals surface area contributed by atoms with Gasteiger partial charge in [-0.05, 0) is 33.6 Å². The van der Waals surface area contributed by atoms with E-state index in [0.717, 1.165) is 0 Å². The van der Waals surface area contributed by atoms with Crippen LogP contribution < -0.4 is 0 Å². The standard InChI is InChI=1S/C16H28N2O5/c1-15(2,3)23-14(21)18-8-6-16(7-9-18)11-17(4)13(20)12(22-16)5-10-19/h12,19H,5-11H2,1-4H3. The first-order chi connectivity index (χ1) is 10.7. The van der Waals surface area contributed by atoms with E-state index in [1.807, 2.05) is 20.8 Å². The van der Waals surface area contributed by atoms with Gasteiger partial charge in [0.05, 0.1) is 5.60 Å². The normalized spacial score (nSPS) is 24.9. The Morgan fingerprint density at radius 3 is 2.52 bits per heavy atom. The Kier molecular flexibility index (Phi) is 5.20. The summed E-state index contributed by atoms with van der Waals surface area (Å²) < 4.78 is 11.4. The third kappa shape index (κ3) is 4.35. The van der Waals surface area contributed by atoms with E-state index in [1.54, 1.807) is 16.8 Å². The smallest absolute Gasteiger partial charge is 0.410 e. The molecule has 1 atom stereocenters. The summed E-state index contributed by atoms with van der Waals surface area (Å²) in [6, 6.07) is 0. The van der Waals surface area contributed by atoms with Gasteiger partial charge in [0.2, 0.25) is 0 Å². The average Bonchev–Trinajstić information content (AvgIpc) is 2.43. The molecule has 0 saturated carbocycles. The van der Waals surface area contributed by atoms with Gasteiger partial charge in [-0.2, -0.15) is 0 Å². The maximum Gasteiger partial charge on any atom is 0.410 e. The highest BCUT2D eigenvalue weighted by atomic mass is 16.6. The highest BCUT2D eigenvalue weighted by molar-refractivity contribution is 5.81. The molecule has 2 aliphatic heterocycles. The summed E-state index contributed by atoms with van der Waals surface area (Å²) >= 11 is 0. The Labute approximate surface area is 137 Å². The Morgan fingerprint density at radius 1 is 1.39 bits per heavy atom. The van der Waals surface area contributed by atoms with E-state index in [9.17, 15) is 9.59 Å². The third-order valence-corrected chi connectivity index (χ3v) is 4.29. The fourth-order valence-electron chi connectivity index (χ4n) is 3.14. The van der Waals surface area contributed by atoms with Crippen LogP contribution in [0, 0.1) is 0 Å². The lowest BCUT2D eigenvalue weighted by Gasteiger charge is -2.48. The largest absolute Gasteiger partial charge is 0.444 e. The number of piperidine rings is 1. The quantitative estimate of drug-likeness (QED) is 0.818. The lowest BCUT2D eigenvalue weighted by Crippen LogP contribution is -2.61. The lowest BCUT2D eigenvalue weighted by molar-refractivity contribution is -0.191. The number of carbonyl (C=O) groups excluding carboxylic acids is 2. The number of carbonyl (C=O) groups is 2. The van der Waals surface area contributed by atoms with Crippen molar-refractivity contribution in [1.29, 1.82) is 0 Å². The number of aliphatic hydroxyl groups is 1. The van der Waals surface area contributed by atoms with Gasteiger partial charge in [0.25, 0.3) is 5.91 Å². The second-order valence-corrected chi connectivity index (χ2v) is 7.46. The van der Waals surface area contributed by atoms with Crippen LogP contribution in [0.5, 0.6) is 0 Å². The van der Waals surface area contributed by atoms with Crippen LogP contribution >= 0.6 is 0 Å². The second kappa shape index (κ2) is 6.65. The topological polar surface area (TPSA) is 79.3 Å². The zero-order valence-electron chi connectivity index (χ0n) is 14.5. The van der Waals surface area contributed by atoms with Crippen molar-refractivity contribution >= 4 is 12.0 Å². The van der Waals surface area contributed by atoms with Gasteiger partial charge in [-0.25, -0.2) is 4.79 Å². The molecule has 2 saturated heterocycles. The van der Waals surface area contributed by atoms with Gasteiger partial charge in [0, 0.05) is 39.7 Å². The molecule has 2 rings (SSSR count). The number of morpholine rings is 1. The molecule has 2 aliphatic rings. The summed E-state index contributed by atoms with van der Waals surface area (Å²) in [5, 5.41) is 9.11. The van der Waals surface area contributed by atoms with Crippen LogP contribution in [0.15, 0.2) is 0 Å². The van der Waals surface area contributed by atoms with Crippen LogP contribution in [-0.4, -0.2) is 77.5 Å². The molecule has 1 N–H and O–H groups in total. The first-order valence-electron chi connectivity index (χ1n) is 8.17. The van der Waals surface area contributed by atoms with Crippen molar-refractivity contribution in [2.45, 2.75) is 57.3 Å². The Hall–Kier alpha value is -1.34. The molecular weight excluding hydrogens is 300 g/mol. The van der Waals surface area contributed by atoms with E-state index >= 15 is 0 Å². The van der Waals surface area contributed by atoms with Crippen LogP contribution in [0.2, 0.25) is 0 Å². The zero-order valence-corrected chi connectivity index (χ0v) is 14.5. The molecule has 0 aromatic rings. The van der Waals surface area contributed by atoms with Crippen LogP contribution in [0.1, 0.15) is 40.0 Å². The van der Waals surface area contributed by atoms with E-state index in [4.69, 9.17) is 14.6 Å². The number of likely N-dealkylation sites (N-methyl/N-ethyl adjacent to an activating group) is 1. The number of hydrogen-bond acceptors (Lipinski definition) is 5. The number of ether oxygens (including phenoxy) is 2. The molecule has 2 amide bonds. The molecule has 0 radical (unpaired) electrons. The molecule has 132 valence electrons. The molecule has 0 aliphatic carbocycles. The maximum atomic E-state index is 12.1. The highest BCUT2D eigenvalue weighted by Gasteiger charge is 2.46. The monoisotopic (exact) mass is 328 g/mol. The van der Waals surface area contributed by atoms with Crippen LogP contribution in [0.4, 0.5) is 4.79 Å². The molecule has 1 spiro atoms. The number of aliphatic hydroxyl groups excluding tert-OH is 1. The molecule has 0 aromatic heterocycles. The first-order valence-corrected chi connectivity index (χ1v) is 8.17. The van der Waals surface area contributed by atoms with Gasteiger partial charge >= 0.3 is 6.09 Å². The van der Waals surface area contributed by atoms with Crippen LogP contribution in [-0.2, 0) is 14.3 Å². The maximum absolute atomic E-state index is 12.1. The Balaban J connectivity index is 1.97. The van der Waals surface area contributed by atoms with Gasteiger partial charge < -0.3 is 24.4 Å². The van der Waals surface area contributed by atoms with Crippen molar-refractivity contribution in [3.8, 4) is 0 Å². The minimum absolute atomic E-state index is 0.0790. The van der Waals surface area contributed by atoms with Crippen molar-refractivity contribution in [2.75, 3.05) is 33.3 Å². The third-order valence-electron chi connectivity index (χ3n) is 4.29. The van der Waals surface area contributed by atoms with E-state index in [1.165, 1.54) is 0 Å². The van der Waals surface area contributed by atoms with Gasteiger partial charge in [-0.3, -0.25) is 4.79 Å². The molecule has 2 heterocycles. The van der Waals surface area contributed by atoms with Crippen molar-refractivity contribution in [1.82, 2.24) is 9.80 Å². The van der Waals surface area contributed by atoms with E-state index in [2.05, 4.69) is 0 Å². The molecule has 2 fully saturated rings. The van der Waals surface area contributed by atoms with Gasteiger partial charge in [0.1, 0.15) is 11.7 Å². The SMILES string of the molecule is CN1CC2(CCN(C(=O)OC(C)(C)C)CC2)OC(CCO)C1=O. The summed E-state index contributed by atoms with van der Waals surface area (Å²) in [5.41, 5.74) is -0.937. The molecule has 23 heavy (non-hydrogen) atoms. The number of nitrogens with zero attached hydrogens (tertiary/aromatic N) is 2. The molecule has 7 heteroatoms. The predicted molar refractivity (Wildman–Crippen MR) is 84.0 cm³/mol. The first kappa shape index (κ1) is 18.0. The fourth-order valence-corrected chi connectivity index (χ4v) is 3.14. The molecule has 7 nitrogen and oxygen atoms in total. The number of hydrogen-bond donors (Lipinski definition) is 1. The predicted octanol–water partition coefficient (Wildman–Crippen LogP) is 0.996. The minimum Gasteiger partial charge on any atom is -0.444 e. The van der Waals surface area contributed by atoms with E-state index in [0.29, 0.717) is 38.9 Å². The molecule has 0 bridgehead atoms. The van der Waals surface area contributed by atoms with Crippen molar-refractivity contribution in [2.24, 2.45) is 0 Å². The summed E-state index contributed by atoms with van der Waals surface area (Å²) in [6.07, 6.45) is 0.726. The fraction of sp³-hybridized carbons (Fsp3) is 0.875. The Morgan fingerprint density at radius 2 is 2.00 bits per heavy atom. The highest BCUT2D eigenvalue weighted by Crippen LogP contribution is 2.33. The lowest BCUT2D eigenvalue weighted by atomic mass is 9.88. The van der Waals surface area contributed by atoms with Crippen molar-refractivity contribution in [3.63, 3.8) is 0 Å². The minimum atomic E-state index is -0.591. The van der Waals surface area contributed by atoms with Gasteiger partial charge in [0.15, 0.2) is 0 Å². The van der Waals surface area contributed by atoms with Crippen LogP contribution in [0.3, 0.4) is 0 Å². The summed E-state index contributed by atoms with van der Waals surface area (Å²) in [4.78, 5) is 27.6. The summed E-state index contributed by atoms with van der Waals surface area (Å²) in [5.74, 6) is -0.0840. The van der Waals surface area contributed by atoms with Gasteiger partial charge in [-0.15, -0.1) is 0 Å². The average molecular weight is 328 g/mol. The molecular formula is C16H28N2O5. The van der Waals surface area contributed by atoms with E-state index < -0.39 is 17.3 Å².